The monoisotopic (exact) mass is 1080 g/mol. The fourth-order valence-electron chi connectivity index (χ4n) is 6.17. The highest BCUT2D eigenvalue weighted by molar-refractivity contribution is 7.94. The second-order valence-corrected chi connectivity index (χ2v) is 22.6. The van der Waals surface area contributed by atoms with Crippen molar-refractivity contribution in [1.29, 1.82) is 0 Å². The third kappa shape index (κ3) is 16.1. The van der Waals surface area contributed by atoms with Gasteiger partial charge in [-0.15, -0.1) is 4.33 Å². The highest BCUT2D eigenvalue weighted by atomic mass is 32.2. The summed E-state index contributed by atoms with van der Waals surface area (Å²) in [5.41, 5.74) is 6.17. The van der Waals surface area contributed by atoms with E-state index in [2.05, 4.69) is 52.7 Å². The highest BCUT2D eigenvalue weighted by Crippen LogP contribution is 2.33. The van der Waals surface area contributed by atoms with Crippen molar-refractivity contribution in [3.05, 3.63) is 174 Å². The van der Waals surface area contributed by atoms with Gasteiger partial charge in [0.25, 0.3) is 20.2 Å². The number of hydrogen-bond acceptors (Lipinski definition) is 16. The molecule has 0 aliphatic rings. The van der Waals surface area contributed by atoms with Gasteiger partial charge in [-0.2, -0.15) is 16.8 Å². The molecule has 7 aromatic carbocycles. The van der Waals surface area contributed by atoms with Crippen LogP contribution in [0.4, 0.5) is 0 Å². The number of methoxy groups -OCH3 is 4. The SMILES string of the molecule is COc1ccc(-c2ccc(C)cc2)cc1.COc1ccc(C)cc1S(=O)(=O)O.COc1ccc(S(=O)(=O)c2ccc(C)c(SOOO)c2)cc1S(=O)(=O)O.COc1ccc(S(=O)(=O)c2ccc(C)cc2)cc1. The van der Waals surface area contributed by atoms with E-state index in [1.165, 1.54) is 61.2 Å². The van der Waals surface area contributed by atoms with Crippen molar-refractivity contribution in [2.45, 2.75) is 62.0 Å². The van der Waals surface area contributed by atoms with E-state index in [1.54, 1.807) is 82.7 Å². The fourth-order valence-corrected chi connectivity index (χ4v) is 10.8. The third-order valence-electron chi connectivity index (χ3n) is 10.1. The van der Waals surface area contributed by atoms with Crippen molar-refractivity contribution in [2.24, 2.45) is 0 Å². The summed E-state index contributed by atoms with van der Waals surface area (Å²) in [4.78, 5) is -0.451. The predicted octanol–water partition coefficient (Wildman–Crippen LogP) is 10.3. The first kappa shape index (κ1) is 58.3. The van der Waals surface area contributed by atoms with Crippen LogP contribution in [0.25, 0.3) is 11.1 Å². The molecular formula is C50H52O17S5. The molecular weight excluding hydrogens is 1030 g/mol. The summed E-state index contributed by atoms with van der Waals surface area (Å²) in [6.07, 6.45) is 0. The van der Waals surface area contributed by atoms with Crippen LogP contribution in [0.2, 0.25) is 0 Å². The van der Waals surface area contributed by atoms with Gasteiger partial charge in [0.15, 0.2) is 0 Å². The normalized spacial score (nSPS) is 11.3. The molecule has 0 bridgehead atoms. The lowest BCUT2D eigenvalue weighted by atomic mass is 10.0. The van der Waals surface area contributed by atoms with E-state index < -0.39 is 44.8 Å². The fraction of sp³-hybridized carbons (Fsp3) is 0.160. The lowest BCUT2D eigenvalue weighted by Gasteiger charge is -2.11. The van der Waals surface area contributed by atoms with Gasteiger partial charge in [0.1, 0.15) is 32.8 Å². The van der Waals surface area contributed by atoms with Crippen molar-refractivity contribution in [3.63, 3.8) is 0 Å². The first-order valence-electron chi connectivity index (χ1n) is 20.8. The zero-order valence-electron chi connectivity index (χ0n) is 40.0. The molecule has 0 heterocycles. The van der Waals surface area contributed by atoms with Gasteiger partial charge in [-0.3, -0.25) is 9.11 Å². The maximum atomic E-state index is 12.8. The third-order valence-corrected chi connectivity index (χ3v) is 16.2. The molecule has 7 aromatic rings. The number of sulfone groups is 2. The molecule has 0 aliphatic carbocycles. The second-order valence-electron chi connectivity index (χ2n) is 15.2. The number of ether oxygens (including phenoxy) is 4. The molecule has 0 unspecified atom stereocenters. The number of aryl methyl sites for hydroxylation is 4. The van der Waals surface area contributed by atoms with Gasteiger partial charge in [-0.05, 0) is 141 Å². The minimum atomic E-state index is -4.70. The average molecular weight is 1090 g/mol. The van der Waals surface area contributed by atoms with Gasteiger partial charge < -0.3 is 18.9 Å². The zero-order valence-corrected chi connectivity index (χ0v) is 44.1. The van der Waals surface area contributed by atoms with E-state index in [0.29, 0.717) is 33.1 Å². The molecule has 0 aromatic heterocycles. The molecule has 0 spiro atoms. The van der Waals surface area contributed by atoms with Crippen LogP contribution in [0.3, 0.4) is 0 Å². The number of rotatable bonds is 14. The van der Waals surface area contributed by atoms with E-state index in [9.17, 15) is 38.2 Å². The topological polar surface area (TPSA) is 253 Å². The van der Waals surface area contributed by atoms with Gasteiger partial charge in [0.2, 0.25) is 19.7 Å². The molecule has 0 saturated carbocycles. The Morgan fingerprint density at radius 3 is 1.22 bits per heavy atom. The predicted molar refractivity (Wildman–Crippen MR) is 270 cm³/mol. The lowest BCUT2D eigenvalue weighted by molar-refractivity contribution is -0.432. The standard InChI is InChI=1S/C14H14O9S3.C14H14O3S.C14H14O.C8H10O4S/c1-9-3-4-10(7-13(9)24-23-22-15)25(16,17)11-5-6-12(21-2)14(8-11)26(18,19)20;1-11-3-7-13(8-4-11)18(15,16)14-9-5-12(17-2)6-10-14;1-11-3-5-12(6-4-11)13-7-9-14(15-2)10-8-13;1-6-3-4-7(12-2)8(5-6)13(9,10)11/h3-8,15H,1-2H3,(H,18,19,20);3-10H,1-2H3;3-10H,1-2H3;3-5H,1-2H3,(H,9,10,11). The first-order chi connectivity index (χ1) is 33.9. The van der Waals surface area contributed by atoms with Crippen LogP contribution in [0.15, 0.2) is 186 Å². The Hall–Kier alpha value is -6.31. The summed E-state index contributed by atoms with van der Waals surface area (Å²) < 4.78 is 137. The summed E-state index contributed by atoms with van der Waals surface area (Å²) in [6, 6.07) is 41.6. The maximum Gasteiger partial charge on any atom is 0.298 e. The Bertz CT molecular complexity index is 3370. The molecule has 72 heavy (non-hydrogen) atoms. The Balaban J connectivity index is 0.000000216. The summed E-state index contributed by atoms with van der Waals surface area (Å²) in [6.45, 7) is 7.43. The summed E-state index contributed by atoms with van der Waals surface area (Å²) in [7, 11) is -10.7. The van der Waals surface area contributed by atoms with Crippen LogP contribution in [-0.2, 0) is 49.3 Å². The number of benzene rings is 7. The van der Waals surface area contributed by atoms with Crippen molar-refractivity contribution in [3.8, 4) is 34.1 Å². The van der Waals surface area contributed by atoms with Crippen LogP contribution in [-0.4, -0.2) is 76.5 Å². The second kappa shape index (κ2) is 25.9. The molecule has 0 radical (unpaired) electrons. The van der Waals surface area contributed by atoms with Crippen LogP contribution in [0.5, 0.6) is 23.0 Å². The first-order valence-corrected chi connectivity index (χ1v) is 27.4. The Morgan fingerprint density at radius 2 is 0.764 bits per heavy atom. The smallest absolute Gasteiger partial charge is 0.298 e. The van der Waals surface area contributed by atoms with Gasteiger partial charge in [-0.25, -0.2) is 22.1 Å². The van der Waals surface area contributed by atoms with E-state index >= 15 is 0 Å². The molecule has 384 valence electrons. The lowest BCUT2D eigenvalue weighted by Crippen LogP contribution is -2.07. The zero-order chi connectivity index (χ0) is 53.4. The molecule has 22 heteroatoms. The van der Waals surface area contributed by atoms with Crippen LogP contribution in [0.1, 0.15) is 22.3 Å². The summed E-state index contributed by atoms with van der Waals surface area (Å²) >= 11 is 0.593. The maximum absolute atomic E-state index is 12.8. The van der Waals surface area contributed by atoms with Crippen LogP contribution >= 0.6 is 12.0 Å². The minimum Gasteiger partial charge on any atom is -0.497 e. The van der Waals surface area contributed by atoms with Crippen molar-refractivity contribution < 1.29 is 76.4 Å². The Kier molecular flexibility index (Phi) is 20.9. The molecule has 0 amide bonds. The van der Waals surface area contributed by atoms with Gasteiger partial charge in [-0.1, -0.05) is 76.8 Å². The summed E-state index contributed by atoms with van der Waals surface area (Å²) in [5.74, 6) is 1.48. The van der Waals surface area contributed by atoms with Crippen LogP contribution in [0, 0.1) is 27.7 Å². The van der Waals surface area contributed by atoms with E-state index in [1.807, 2.05) is 19.1 Å². The highest BCUT2D eigenvalue weighted by Gasteiger charge is 2.25. The quantitative estimate of drug-likeness (QED) is 0.0396. The largest absolute Gasteiger partial charge is 0.497 e. The van der Waals surface area contributed by atoms with E-state index in [4.69, 9.17) is 28.8 Å². The molecule has 0 aliphatic heterocycles. The molecule has 7 rings (SSSR count). The molecule has 0 fully saturated rings. The molecule has 0 saturated heterocycles. The molecule has 3 N–H and O–H groups in total. The van der Waals surface area contributed by atoms with E-state index in [-0.39, 0.29) is 31.1 Å². The Morgan fingerprint density at radius 1 is 0.403 bits per heavy atom. The number of hydrogen-bond donors (Lipinski definition) is 3. The Labute approximate surface area is 424 Å². The van der Waals surface area contributed by atoms with Crippen molar-refractivity contribution in [2.75, 3.05) is 28.4 Å². The van der Waals surface area contributed by atoms with Crippen LogP contribution < -0.4 is 18.9 Å². The average Bonchev–Trinajstić information content (AvgIpc) is 3.36. The van der Waals surface area contributed by atoms with E-state index in [0.717, 1.165) is 35.1 Å². The summed E-state index contributed by atoms with van der Waals surface area (Å²) in [5, 5.41) is 11.7. The minimum absolute atomic E-state index is 0.146. The van der Waals surface area contributed by atoms with Crippen molar-refractivity contribution in [1.82, 2.24) is 0 Å². The van der Waals surface area contributed by atoms with Crippen molar-refractivity contribution >= 4 is 52.0 Å². The molecule has 0 atom stereocenters. The van der Waals surface area contributed by atoms with Gasteiger partial charge >= 0.3 is 0 Å². The molecule has 17 nitrogen and oxygen atoms in total. The van der Waals surface area contributed by atoms with Gasteiger partial charge in [0.05, 0.1) is 60.1 Å². The van der Waals surface area contributed by atoms with Gasteiger partial charge in [0, 0.05) is 4.90 Å².